The third kappa shape index (κ3) is 1.56. The van der Waals surface area contributed by atoms with Crippen molar-refractivity contribution >= 4 is 0 Å². The van der Waals surface area contributed by atoms with Gasteiger partial charge in [0.1, 0.15) is 0 Å². The Morgan fingerprint density at radius 3 is 2.29 bits per heavy atom. The van der Waals surface area contributed by atoms with Crippen molar-refractivity contribution in [2.45, 2.75) is 39.2 Å². The molecule has 0 amide bonds. The van der Waals surface area contributed by atoms with E-state index in [1.807, 2.05) is 0 Å². The number of nitrogens with zero attached hydrogens (tertiary/aromatic N) is 1. The fraction of sp³-hybridized carbons (Fsp3) is 0.833. The lowest BCUT2D eigenvalue weighted by molar-refractivity contribution is 0.208. The average Bonchev–Trinajstić information content (AvgIpc) is 2.40. The average molecular weight is 194 g/mol. The summed E-state index contributed by atoms with van der Waals surface area (Å²) >= 11 is 0. The second-order valence-electron chi connectivity index (χ2n) is 5.79. The molecular formula is C12H22N2. The normalized spacial score (nSPS) is 35.5. The summed E-state index contributed by atoms with van der Waals surface area (Å²) in [5.41, 5.74) is 1.97. The minimum Gasteiger partial charge on any atom is -0.373 e. The summed E-state index contributed by atoms with van der Waals surface area (Å²) in [6.45, 7) is 14.7. The number of hydrogen-bond acceptors (Lipinski definition) is 2. The van der Waals surface area contributed by atoms with Gasteiger partial charge in [-0.25, -0.2) is 0 Å². The Morgan fingerprint density at radius 2 is 1.93 bits per heavy atom. The SMILES string of the molecule is C=C(N1CCC(C)(C)C1)[C@@]1(C)CCN1. The minimum absolute atomic E-state index is 0.195. The van der Waals surface area contributed by atoms with Crippen molar-refractivity contribution in [2.75, 3.05) is 19.6 Å². The van der Waals surface area contributed by atoms with Crippen LogP contribution in [0.3, 0.4) is 0 Å². The van der Waals surface area contributed by atoms with Gasteiger partial charge in [0.05, 0.1) is 5.54 Å². The first-order chi connectivity index (χ1) is 6.43. The predicted octanol–water partition coefficient (Wildman–Crippen LogP) is 1.98. The number of nitrogens with one attached hydrogen (secondary N) is 1. The van der Waals surface area contributed by atoms with Gasteiger partial charge in [0.15, 0.2) is 0 Å². The summed E-state index contributed by atoms with van der Waals surface area (Å²) in [5, 5.41) is 3.48. The molecule has 2 saturated heterocycles. The van der Waals surface area contributed by atoms with E-state index in [1.54, 1.807) is 0 Å². The molecule has 2 fully saturated rings. The van der Waals surface area contributed by atoms with Gasteiger partial charge in [-0.2, -0.15) is 0 Å². The van der Waals surface area contributed by atoms with E-state index in [1.165, 1.54) is 31.6 Å². The van der Waals surface area contributed by atoms with Gasteiger partial charge >= 0.3 is 0 Å². The summed E-state index contributed by atoms with van der Waals surface area (Å²) < 4.78 is 0. The van der Waals surface area contributed by atoms with Gasteiger partial charge in [-0.1, -0.05) is 20.4 Å². The van der Waals surface area contributed by atoms with Crippen LogP contribution in [0.15, 0.2) is 12.3 Å². The smallest absolute Gasteiger partial charge is 0.0562 e. The number of rotatable bonds is 2. The molecule has 2 nitrogen and oxygen atoms in total. The maximum atomic E-state index is 4.26. The van der Waals surface area contributed by atoms with Gasteiger partial charge in [0, 0.05) is 18.8 Å². The van der Waals surface area contributed by atoms with Crippen LogP contribution < -0.4 is 5.32 Å². The summed E-state index contributed by atoms with van der Waals surface area (Å²) in [6, 6.07) is 0. The molecule has 1 atom stereocenters. The second kappa shape index (κ2) is 2.99. The molecule has 1 N–H and O–H groups in total. The molecule has 0 saturated carbocycles. The Bertz CT molecular complexity index is 251. The van der Waals surface area contributed by atoms with Crippen LogP contribution in [0.4, 0.5) is 0 Å². The summed E-state index contributed by atoms with van der Waals surface area (Å²) in [7, 11) is 0. The molecule has 80 valence electrons. The predicted molar refractivity (Wildman–Crippen MR) is 60.1 cm³/mol. The van der Waals surface area contributed by atoms with Gasteiger partial charge in [-0.05, 0) is 31.7 Å². The fourth-order valence-corrected chi connectivity index (χ4v) is 2.44. The Kier molecular flexibility index (Phi) is 2.15. The van der Waals surface area contributed by atoms with Crippen LogP contribution in [0, 0.1) is 5.41 Å². The third-order valence-electron chi connectivity index (χ3n) is 3.84. The van der Waals surface area contributed by atoms with Gasteiger partial charge in [-0.15, -0.1) is 0 Å². The molecular weight excluding hydrogens is 172 g/mol. The molecule has 0 aromatic heterocycles. The molecule has 2 aliphatic heterocycles. The van der Waals surface area contributed by atoms with E-state index in [-0.39, 0.29) is 5.54 Å². The van der Waals surface area contributed by atoms with Crippen molar-refractivity contribution in [1.82, 2.24) is 10.2 Å². The van der Waals surface area contributed by atoms with E-state index in [4.69, 9.17) is 0 Å². The van der Waals surface area contributed by atoms with Crippen molar-refractivity contribution in [3.8, 4) is 0 Å². The van der Waals surface area contributed by atoms with Crippen LogP contribution in [0.1, 0.15) is 33.6 Å². The van der Waals surface area contributed by atoms with Crippen LogP contribution in [-0.4, -0.2) is 30.1 Å². The Hall–Kier alpha value is -0.500. The largest absolute Gasteiger partial charge is 0.373 e. The van der Waals surface area contributed by atoms with E-state index < -0.39 is 0 Å². The highest BCUT2D eigenvalue weighted by molar-refractivity contribution is 5.20. The van der Waals surface area contributed by atoms with E-state index in [9.17, 15) is 0 Å². The van der Waals surface area contributed by atoms with Crippen LogP contribution in [0.5, 0.6) is 0 Å². The Labute approximate surface area is 87.4 Å². The van der Waals surface area contributed by atoms with Crippen LogP contribution in [0.25, 0.3) is 0 Å². The first-order valence-electron chi connectivity index (χ1n) is 5.62. The first-order valence-corrected chi connectivity index (χ1v) is 5.62. The maximum Gasteiger partial charge on any atom is 0.0562 e. The van der Waals surface area contributed by atoms with Gasteiger partial charge in [0.25, 0.3) is 0 Å². The topological polar surface area (TPSA) is 15.3 Å². The molecule has 2 heterocycles. The summed E-state index contributed by atoms with van der Waals surface area (Å²) in [6.07, 6.45) is 2.53. The van der Waals surface area contributed by atoms with Crippen molar-refractivity contribution < 1.29 is 0 Å². The standard InChI is InChI=1S/C12H22N2/c1-10(12(4)5-7-13-12)14-8-6-11(2,3)9-14/h13H,1,5-9H2,2-4H3/t12-/m1/s1. The highest BCUT2D eigenvalue weighted by Gasteiger charge is 2.40. The van der Waals surface area contributed by atoms with Crippen LogP contribution in [-0.2, 0) is 0 Å². The quantitative estimate of drug-likeness (QED) is 0.723. The van der Waals surface area contributed by atoms with Gasteiger partial charge < -0.3 is 10.2 Å². The zero-order valence-corrected chi connectivity index (χ0v) is 9.69. The summed E-state index contributed by atoms with van der Waals surface area (Å²) in [5.74, 6) is 0. The van der Waals surface area contributed by atoms with E-state index in [0.717, 1.165) is 6.54 Å². The van der Waals surface area contributed by atoms with Crippen molar-refractivity contribution in [3.05, 3.63) is 12.3 Å². The zero-order chi connectivity index (χ0) is 10.4. The van der Waals surface area contributed by atoms with Crippen LogP contribution in [0.2, 0.25) is 0 Å². The second-order valence-corrected chi connectivity index (χ2v) is 5.79. The highest BCUT2D eigenvalue weighted by atomic mass is 15.2. The lowest BCUT2D eigenvalue weighted by atomic mass is 9.86. The molecule has 0 bridgehead atoms. The number of likely N-dealkylation sites (tertiary alicyclic amines) is 1. The van der Waals surface area contributed by atoms with E-state index in [0.29, 0.717) is 5.41 Å². The molecule has 0 unspecified atom stereocenters. The molecule has 0 aromatic rings. The minimum atomic E-state index is 0.195. The Balaban J connectivity index is 2.00. The molecule has 0 spiro atoms. The molecule has 2 aliphatic rings. The molecule has 0 radical (unpaired) electrons. The van der Waals surface area contributed by atoms with E-state index >= 15 is 0 Å². The molecule has 2 rings (SSSR count). The molecule has 2 heteroatoms. The summed E-state index contributed by atoms with van der Waals surface area (Å²) in [4.78, 5) is 2.46. The van der Waals surface area contributed by atoms with Gasteiger partial charge in [-0.3, -0.25) is 0 Å². The van der Waals surface area contributed by atoms with Gasteiger partial charge in [0.2, 0.25) is 0 Å². The molecule has 0 aromatic carbocycles. The van der Waals surface area contributed by atoms with Crippen molar-refractivity contribution in [1.29, 1.82) is 0 Å². The lowest BCUT2D eigenvalue weighted by Crippen LogP contribution is -2.58. The van der Waals surface area contributed by atoms with E-state index in [2.05, 4.69) is 37.6 Å². The first kappa shape index (κ1) is 10.0. The maximum absolute atomic E-state index is 4.26. The lowest BCUT2D eigenvalue weighted by Gasteiger charge is -2.45. The highest BCUT2D eigenvalue weighted by Crippen LogP contribution is 2.36. The molecule has 0 aliphatic carbocycles. The fourth-order valence-electron chi connectivity index (χ4n) is 2.44. The zero-order valence-electron chi connectivity index (χ0n) is 9.69. The Morgan fingerprint density at radius 1 is 1.29 bits per heavy atom. The third-order valence-corrected chi connectivity index (χ3v) is 3.84. The molecule has 14 heavy (non-hydrogen) atoms. The van der Waals surface area contributed by atoms with Crippen molar-refractivity contribution in [2.24, 2.45) is 5.41 Å². The van der Waals surface area contributed by atoms with Crippen molar-refractivity contribution in [3.63, 3.8) is 0 Å². The number of hydrogen-bond donors (Lipinski definition) is 1. The monoisotopic (exact) mass is 194 g/mol. The van der Waals surface area contributed by atoms with Crippen LogP contribution >= 0.6 is 0 Å².